The highest BCUT2D eigenvalue weighted by Gasteiger charge is 2.24. The zero-order valence-electron chi connectivity index (χ0n) is 9.72. The maximum atomic E-state index is 4.46. The molecule has 0 amide bonds. The molecule has 0 radical (unpaired) electrons. The number of rotatable bonds is 2. The first-order chi connectivity index (χ1) is 7.86. The molecular formula is C13H15BrN2S. The number of amidine groups is 1. The van der Waals surface area contributed by atoms with Gasteiger partial charge in [0.25, 0.3) is 0 Å². The van der Waals surface area contributed by atoms with E-state index in [1.807, 2.05) is 0 Å². The van der Waals surface area contributed by atoms with E-state index in [9.17, 15) is 0 Å². The average molecular weight is 311 g/mol. The number of thioether (sulfide) groups is 1. The molecule has 1 aromatic rings. The molecule has 0 unspecified atom stereocenters. The van der Waals surface area contributed by atoms with Gasteiger partial charge in [0.2, 0.25) is 0 Å². The van der Waals surface area contributed by atoms with Crippen LogP contribution in [-0.4, -0.2) is 23.2 Å². The minimum atomic E-state index is 0. The number of nitrogens with zero attached hydrogens (tertiary/aromatic N) is 2. The largest absolute Gasteiger partial charge is 0.325 e. The van der Waals surface area contributed by atoms with Gasteiger partial charge < -0.3 is 4.90 Å². The summed E-state index contributed by atoms with van der Waals surface area (Å²) < 4.78 is 0. The number of halogens is 1. The molecule has 0 saturated carbocycles. The Kier molecular flexibility index (Phi) is 3.94. The quantitative estimate of drug-likeness (QED) is 0.830. The topological polar surface area (TPSA) is 15.6 Å². The van der Waals surface area contributed by atoms with Crippen LogP contribution in [0.4, 0.5) is 0 Å². The fourth-order valence-electron chi connectivity index (χ4n) is 1.95. The Balaban J connectivity index is 0.00000108. The molecule has 17 heavy (non-hydrogen) atoms. The van der Waals surface area contributed by atoms with Crippen LogP contribution in [0.1, 0.15) is 18.1 Å². The Bertz CT molecular complexity index is 465. The van der Waals surface area contributed by atoms with Crippen LogP contribution >= 0.6 is 28.7 Å². The first kappa shape index (κ1) is 12.7. The zero-order chi connectivity index (χ0) is 11.0. The van der Waals surface area contributed by atoms with Crippen LogP contribution < -0.4 is 0 Å². The second kappa shape index (κ2) is 5.27. The Labute approximate surface area is 117 Å². The minimum absolute atomic E-state index is 0. The van der Waals surface area contributed by atoms with Gasteiger partial charge >= 0.3 is 0 Å². The van der Waals surface area contributed by atoms with Crippen molar-refractivity contribution in [3.8, 4) is 0 Å². The minimum Gasteiger partial charge on any atom is -0.325 e. The molecule has 2 aliphatic heterocycles. The molecule has 1 aromatic carbocycles. The Morgan fingerprint density at radius 2 is 2.06 bits per heavy atom. The molecule has 0 saturated heterocycles. The number of hydrogen-bond donors (Lipinski definition) is 0. The molecule has 4 heteroatoms. The van der Waals surface area contributed by atoms with Crippen molar-refractivity contribution in [1.82, 2.24) is 4.90 Å². The van der Waals surface area contributed by atoms with Gasteiger partial charge in [0, 0.05) is 17.6 Å². The van der Waals surface area contributed by atoms with E-state index in [1.165, 1.54) is 16.0 Å². The Morgan fingerprint density at radius 1 is 1.29 bits per heavy atom. The monoisotopic (exact) mass is 310 g/mol. The normalized spacial score (nSPS) is 17.4. The van der Waals surface area contributed by atoms with Crippen molar-refractivity contribution in [2.45, 2.75) is 13.3 Å². The Morgan fingerprint density at radius 3 is 2.71 bits per heavy atom. The van der Waals surface area contributed by atoms with Crippen molar-refractivity contribution in [3.05, 3.63) is 41.6 Å². The van der Waals surface area contributed by atoms with Gasteiger partial charge in [-0.25, -0.2) is 0 Å². The van der Waals surface area contributed by atoms with Crippen LogP contribution in [0, 0.1) is 0 Å². The zero-order valence-corrected chi connectivity index (χ0v) is 12.2. The lowest BCUT2D eigenvalue weighted by Crippen LogP contribution is -2.14. The summed E-state index contributed by atoms with van der Waals surface area (Å²) in [6.07, 6.45) is 3.32. The molecular weight excluding hydrogens is 296 g/mol. The molecule has 2 heterocycles. The number of hydrogen-bond acceptors (Lipinski definition) is 3. The molecule has 0 spiro atoms. The third-order valence-corrected chi connectivity index (χ3v) is 4.06. The summed E-state index contributed by atoms with van der Waals surface area (Å²) in [5.41, 5.74) is 2.70. The van der Waals surface area contributed by atoms with Gasteiger partial charge in [-0.1, -0.05) is 31.2 Å². The average Bonchev–Trinajstić information content (AvgIpc) is 2.89. The highest BCUT2D eigenvalue weighted by Crippen LogP contribution is 2.37. The Hall–Kier alpha value is -0.740. The number of fused-ring (bicyclic) bond motifs is 1. The van der Waals surface area contributed by atoms with E-state index >= 15 is 0 Å². The highest BCUT2D eigenvalue weighted by molar-refractivity contribution is 8.93. The number of benzene rings is 1. The van der Waals surface area contributed by atoms with Crippen LogP contribution in [0.2, 0.25) is 0 Å². The fourth-order valence-corrected chi connectivity index (χ4v) is 3.00. The maximum Gasteiger partial charge on any atom is 0.168 e. The third-order valence-electron chi connectivity index (χ3n) is 2.95. The lowest BCUT2D eigenvalue weighted by molar-refractivity contribution is 0.626. The third kappa shape index (κ3) is 2.43. The van der Waals surface area contributed by atoms with Crippen LogP contribution in [0.3, 0.4) is 0 Å². The van der Waals surface area contributed by atoms with Crippen LogP contribution in [0.25, 0.3) is 4.91 Å². The van der Waals surface area contributed by atoms with E-state index in [2.05, 4.69) is 47.3 Å². The van der Waals surface area contributed by atoms with Crippen LogP contribution in [-0.2, 0) is 6.42 Å². The summed E-state index contributed by atoms with van der Waals surface area (Å²) in [7, 11) is 0. The van der Waals surface area contributed by atoms with Crippen molar-refractivity contribution < 1.29 is 0 Å². The fraction of sp³-hybridized carbons (Fsp3) is 0.308. The summed E-state index contributed by atoms with van der Waals surface area (Å²) >= 11 is 1.78. The molecule has 90 valence electrons. The molecule has 0 N–H and O–H groups in total. The van der Waals surface area contributed by atoms with Gasteiger partial charge in [0.15, 0.2) is 5.17 Å². The van der Waals surface area contributed by atoms with E-state index in [4.69, 9.17) is 0 Å². The number of aliphatic imine (C=N–C) groups is 1. The molecule has 0 atom stereocenters. The van der Waals surface area contributed by atoms with Crippen molar-refractivity contribution >= 4 is 38.8 Å². The molecule has 2 aliphatic rings. The predicted octanol–water partition coefficient (Wildman–Crippen LogP) is 3.54. The summed E-state index contributed by atoms with van der Waals surface area (Å²) in [5.74, 6) is 0. The summed E-state index contributed by atoms with van der Waals surface area (Å²) in [5, 5.41) is 1.16. The molecule has 0 bridgehead atoms. The van der Waals surface area contributed by atoms with Crippen LogP contribution in [0.15, 0.2) is 35.5 Å². The van der Waals surface area contributed by atoms with Gasteiger partial charge in [-0.05, 0) is 29.3 Å². The van der Waals surface area contributed by atoms with E-state index in [0.29, 0.717) is 0 Å². The van der Waals surface area contributed by atoms with Gasteiger partial charge in [-0.2, -0.15) is 0 Å². The van der Waals surface area contributed by atoms with Crippen molar-refractivity contribution in [2.24, 2.45) is 4.99 Å². The first-order valence-electron chi connectivity index (χ1n) is 5.67. The SMILES string of the molecule is Br.CCc1ccc(C2=CN3CCN=C3S2)cc1. The van der Waals surface area contributed by atoms with Crippen LogP contribution in [0.5, 0.6) is 0 Å². The number of aryl methyl sites for hydroxylation is 1. The summed E-state index contributed by atoms with van der Waals surface area (Å²) in [4.78, 5) is 8.02. The van der Waals surface area contributed by atoms with Crippen molar-refractivity contribution in [2.75, 3.05) is 13.1 Å². The highest BCUT2D eigenvalue weighted by atomic mass is 79.9. The van der Waals surface area contributed by atoms with Gasteiger partial charge in [0.1, 0.15) is 0 Å². The summed E-state index contributed by atoms with van der Waals surface area (Å²) in [6, 6.07) is 8.84. The molecule has 0 fully saturated rings. The van der Waals surface area contributed by atoms with E-state index < -0.39 is 0 Å². The maximum absolute atomic E-state index is 4.46. The van der Waals surface area contributed by atoms with Gasteiger partial charge in [0.05, 0.1) is 6.54 Å². The van der Waals surface area contributed by atoms with E-state index in [0.717, 1.165) is 24.7 Å². The standard InChI is InChI=1S/C13H14N2S.BrH/c1-2-10-3-5-11(6-4-10)12-9-15-8-7-14-13(15)16-12;/h3-6,9H,2,7-8H2,1H3;1H. The lowest BCUT2D eigenvalue weighted by atomic mass is 10.1. The molecule has 0 aromatic heterocycles. The molecule has 2 nitrogen and oxygen atoms in total. The van der Waals surface area contributed by atoms with Crippen molar-refractivity contribution in [1.29, 1.82) is 0 Å². The molecule has 0 aliphatic carbocycles. The second-order valence-electron chi connectivity index (χ2n) is 4.00. The van der Waals surface area contributed by atoms with Gasteiger partial charge in [-0.15, -0.1) is 17.0 Å². The van der Waals surface area contributed by atoms with E-state index in [-0.39, 0.29) is 17.0 Å². The van der Waals surface area contributed by atoms with Gasteiger partial charge in [-0.3, -0.25) is 4.99 Å². The van der Waals surface area contributed by atoms with E-state index in [1.54, 1.807) is 11.8 Å². The molecule has 3 rings (SSSR count). The summed E-state index contributed by atoms with van der Waals surface area (Å²) in [6.45, 7) is 4.17. The smallest absolute Gasteiger partial charge is 0.168 e. The predicted molar refractivity (Wildman–Crippen MR) is 80.7 cm³/mol. The first-order valence-corrected chi connectivity index (χ1v) is 6.48. The lowest BCUT2D eigenvalue weighted by Gasteiger charge is -2.04. The van der Waals surface area contributed by atoms with Crippen molar-refractivity contribution in [3.63, 3.8) is 0 Å². The second-order valence-corrected chi connectivity index (χ2v) is 5.01.